The Hall–Kier alpha value is -1.93. The number of hydrogen-bond donors (Lipinski definition) is 1. The van der Waals surface area contributed by atoms with Crippen LogP contribution in [0.25, 0.3) is 0 Å². The molecule has 0 bridgehead atoms. The van der Waals surface area contributed by atoms with Gasteiger partial charge in [0.25, 0.3) is 5.91 Å². The van der Waals surface area contributed by atoms with E-state index < -0.39 is 33.6 Å². The quantitative estimate of drug-likeness (QED) is 0.803. The maximum atomic E-state index is 12.6. The minimum Gasteiger partial charge on any atom is -0.351 e. The Kier molecular flexibility index (Phi) is 4.35. The molecule has 2 amide bonds. The summed E-state index contributed by atoms with van der Waals surface area (Å²) < 4.78 is 23.0. The van der Waals surface area contributed by atoms with Gasteiger partial charge in [-0.15, -0.1) is 0 Å². The van der Waals surface area contributed by atoms with Crippen LogP contribution in [0.2, 0.25) is 5.02 Å². The maximum absolute atomic E-state index is 12.6. The fourth-order valence-electron chi connectivity index (χ4n) is 2.85. The van der Waals surface area contributed by atoms with Crippen molar-refractivity contribution in [2.24, 2.45) is 11.0 Å². The highest BCUT2D eigenvalue weighted by Gasteiger charge is 2.41. The van der Waals surface area contributed by atoms with E-state index in [9.17, 15) is 18.0 Å². The van der Waals surface area contributed by atoms with Crippen molar-refractivity contribution in [2.45, 2.75) is 19.4 Å². The molecule has 1 N–H and O–H groups in total. The average molecular weight is 370 g/mol. The summed E-state index contributed by atoms with van der Waals surface area (Å²) in [5.41, 5.74) is 0.837. The summed E-state index contributed by atoms with van der Waals surface area (Å²) in [5, 5.41) is 8.40. The zero-order valence-electron chi connectivity index (χ0n) is 12.9. The second-order valence-electron chi connectivity index (χ2n) is 5.91. The molecule has 2 aliphatic rings. The predicted molar refractivity (Wildman–Crippen MR) is 90.7 cm³/mol. The van der Waals surface area contributed by atoms with Crippen molar-refractivity contribution in [3.63, 3.8) is 0 Å². The minimum atomic E-state index is -3.11. The van der Waals surface area contributed by atoms with E-state index in [0.29, 0.717) is 22.8 Å². The highest BCUT2D eigenvalue weighted by molar-refractivity contribution is 7.91. The Morgan fingerprint density at radius 3 is 2.79 bits per heavy atom. The van der Waals surface area contributed by atoms with Gasteiger partial charge in [0, 0.05) is 11.1 Å². The summed E-state index contributed by atoms with van der Waals surface area (Å²) in [7, 11) is -3.11. The predicted octanol–water partition coefficient (Wildman–Crippen LogP) is 0.982. The molecule has 24 heavy (non-hydrogen) atoms. The lowest BCUT2D eigenvalue weighted by molar-refractivity contribution is -0.130. The van der Waals surface area contributed by atoms with Crippen LogP contribution in [0.3, 0.4) is 0 Å². The number of hydrogen-bond acceptors (Lipinski definition) is 5. The van der Waals surface area contributed by atoms with Crippen LogP contribution in [0.15, 0.2) is 29.4 Å². The second kappa shape index (κ2) is 6.18. The van der Waals surface area contributed by atoms with Crippen LogP contribution in [0.5, 0.6) is 0 Å². The molecule has 0 saturated carbocycles. The number of nitrogens with zero attached hydrogens (tertiary/aromatic N) is 2. The maximum Gasteiger partial charge on any atom is 0.265 e. The Labute approximate surface area is 144 Å². The molecule has 2 heterocycles. The van der Waals surface area contributed by atoms with E-state index >= 15 is 0 Å². The van der Waals surface area contributed by atoms with Crippen LogP contribution in [0.1, 0.15) is 13.3 Å². The SMILES string of the molecule is CC1=NN(c2cccc(Cl)c2)C(=O)C1C(=O)NC1CCS(=O)(=O)C1. The van der Waals surface area contributed by atoms with Gasteiger partial charge in [0.15, 0.2) is 15.8 Å². The lowest BCUT2D eigenvalue weighted by Gasteiger charge is -2.16. The molecule has 0 aliphatic carbocycles. The molecule has 0 spiro atoms. The second-order valence-corrected chi connectivity index (χ2v) is 8.58. The molecule has 1 aromatic rings. The smallest absolute Gasteiger partial charge is 0.265 e. The Bertz CT molecular complexity index is 837. The lowest BCUT2D eigenvalue weighted by Crippen LogP contribution is -2.44. The third-order valence-electron chi connectivity index (χ3n) is 4.02. The Morgan fingerprint density at radius 2 is 2.17 bits per heavy atom. The van der Waals surface area contributed by atoms with Gasteiger partial charge in [-0.05, 0) is 31.5 Å². The Balaban J connectivity index is 1.74. The number of anilines is 1. The summed E-state index contributed by atoms with van der Waals surface area (Å²) in [6.45, 7) is 1.60. The normalized spacial score (nSPS) is 25.7. The van der Waals surface area contributed by atoms with E-state index in [4.69, 9.17) is 11.6 Å². The molecule has 3 rings (SSSR count). The molecular weight excluding hydrogens is 354 g/mol. The molecule has 2 unspecified atom stereocenters. The van der Waals surface area contributed by atoms with Gasteiger partial charge in [0.05, 0.1) is 22.9 Å². The molecule has 1 fully saturated rings. The van der Waals surface area contributed by atoms with E-state index in [-0.39, 0.29) is 11.5 Å². The first kappa shape index (κ1) is 16.9. The first-order chi connectivity index (χ1) is 11.3. The zero-order valence-corrected chi connectivity index (χ0v) is 14.5. The van der Waals surface area contributed by atoms with Gasteiger partial charge in [-0.2, -0.15) is 10.1 Å². The van der Waals surface area contributed by atoms with Crippen molar-refractivity contribution < 1.29 is 18.0 Å². The number of carbonyl (C=O) groups excluding carboxylic acids is 2. The summed E-state index contributed by atoms with van der Waals surface area (Å²) in [6, 6.07) is 6.16. The van der Waals surface area contributed by atoms with Gasteiger partial charge >= 0.3 is 0 Å². The van der Waals surface area contributed by atoms with Crippen LogP contribution in [-0.2, 0) is 19.4 Å². The molecule has 128 valence electrons. The molecule has 2 atom stereocenters. The van der Waals surface area contributed by atoms with Crippen LogP contribution < -0.4 is 10.3 Å². The molecular formula is C15H16ClN3O4S. The van der Waals surface area contributed by atoms with E-state index in [1.165, 1.54) is 0 Å². The van der Waals surface area contributed by atoms with Crippen LogP contribution >= 0.6 is 11.6 Å². The first-order valence-electron chi connectivity index (χ1n) is 7.42. The number of rotatable bonds is 3. The summed E-state index contributed by atoms with van der Waals surface area (Å²) >= 11 is 5.92. The van der Waals surface area contributed by atoms with Gasteiger partial charge < -0.3 is 5.32 Å². The fourth-order valence-corrected chi connectivity index (χ4v) is 4.71. The summed E-state index contributed by atoms with van der Waals surface area (Å²) in [6.07, 6.45) is 0.364. The van der Waals surface area contributed by atoms with Crippen molar-refractivity contribution in [1.82, 2.24) is 5.32 Å². The number of amides is 2. The monoisotopic (exact) mass is 369 g/mol. The number of hydrazone groups is 1. The fraction of sp³-hybridized carbons (Fsp3) is 0.400. The minimum absolute atomic E-state index is 0.0538. The zero-order chi connectivity index (χ0) is 17.5. The number of carbonyl (C=O) groups is 2. The highest BCUT2D eigenvalue weighted by atomic mass is 35.5. The van der Waals surface area contributed by atoms with Crippen molar-refractivity contribution >= 4 is 44.7 Å². The van der Waals surface area contributed by atoms with Gasteiger partial charge in [-0.25, -0.2) is 8.42 Å². The largest absolute Gasteiger partial charge is 0.351 e. The van der Waals surface area contributed by atoms with Crippen molar-refractivity contribution in [3.05, 3.63) is 29.3 Å². The molecule has 0 radical (unpaired) electrons. The molecule has 7 nitrogen and oxygen atoms in total. The van der Waals surface area contributed by atoms with E-state index in [0.717, 1.165) is 5.01 Å². The number of sulfone groups is 1. The summed E-state index contributed by atoms with van der Waals surface area (Å²) in [4.78, 5) is 25.0. The third-order valence-corrected chi connectivity index (χ3v) is 6.03. The van der Waals surface area contributed by atoms with E-state index in [1.54, 1.807) is 31.2 Å². The molecule has 1 saturated heterocycles. The molecule has 0 aromatic heterocycles. The molecule has 2 aliphatic heterocycles. The Morgan fingerprint density at radius 1 is 1.42 bits per heavy atom. The van der Waals surface area contributed by atoms with E-state index in [1.807, 2.05) is 0 Å². The number of benzene rings is 1. The van der Waals surface area contributed by atoms with Crippen LogP contribution in [-0.4, -0.2) is 43.5 Å². The van der Waals surface area contributed by atoms with Gasteiger partial charge in [-0.3, -0.25) is 9.59 Å². The number of nitrogens with one attached hydrogen (secondary N) is 1. The molecule has 1 aromatic carbocycles. The van der Waals surface area contributed by atoms with Crippen LogP contribution in [0, 0.1) is 5.92 Å². The topological polar surface area (TPSA) is 95.9 Å². The average Bonchev–Trinajstić information content (AvgIpc) is 2.98. The van der Waals surface area contributed by atoms with Gasteiger partial charge in [0.1, 0.15) is 0 Å². The van der Waals surface area contributed by atoms with Crippen molar-refractivity contribution in [1.29, 1.82) is 0 Å². The third kappa shape index (κ3) is 3.29. The highest BCUT2D eigenvalue weighted by Crippen LogP contribution is 2.26. The summed E-state index contributed by atoms with van der Waals surface area (Å²) in [5.74, 6) is -2.08. The van der Waals surface area contributed by atoms with Crippen molar-refractivity contribution in [2.75, 3.05) is 16.5 Å². The first-order valence-corrected chi connectivity index (χ1v) is 9.62. The van der Waals surface area contributed by atoms with Crippen LogP contribution in [0.4, 0.5) is 5.69 Å². The van der Waals surface area contributed by atoms with Gasteiger partial charge in [-0.1, -0.05) is 17.7 Å². The lowest BCUT2D eigenvalue weighted by atomic mass is 10.0. The van der Waals surface area contributed by atoms with E-state index in [2.05, 4.69) is 10.4 Å². The molecule has 9 heteroatoms. The standard InChI is InChI=1S/C15H16ClN3O4S/c1-9-13(14(20)17-11-5-6-24(22,23)8-11)15(21)19(18-9)12-4-2-3-10(16)7-12/h2-4,7,11,13H,5-6,8H2,1H3,(H,17,20). The van der Waals surface area contributed by atoms with Crippen molar-refractivity contribution in [3.8, 4) is 0 Å². The number of halogens is 1. The van der Waals surface area contributed by atoms with Gasteiger partial charge in [0.2, 0.25) is 5.91 Å².